The topological polar surface area (TPSA) is 99.5 Å². The number of carboxylic acids is 1. The minimum absolute atomic E-state index is 0.171. The second kappa shape index (κ2) is 4.68. The van der Waals surface area contributed by atoms with E-state index in [1.165, 1.54) is 6.20 Å². The van der Waals surface area contributed by atoms with E-state index in [-0.39, 0.29) is 5.01 Å². The molecule has 0 bridgehead atoms. The molecule has 0 spiro atoms. The molecule has 14 heavy (non-hydrogen) atoms. The van der Waals surface area contributed by atoms with E-state index in [0.717, 1.165) is 11.3 Å². The fourth-order valence-electron chi connectivity index (χ4n) is 0.741. The Balaban J connectivity index is 2.60. The summed E-state index contributed by atoms with van der Waals surface area (Å²) in [6.07, 6.45) is 1.44. The maximum atomic E-state index is 11.2. The number of carbonyl (C=O) groups excluding carboxylic acids is 1. The Kier molecular flexibility index (Phi) is 3.55. The lowest BCUT2D eigenvalue weighted by atomic mass is 10.3. The van der Waals surface area contributed by atoms with Crippen molar-refractivity contribution in [2.45, 2.75) is 6.04 Å². The predicted octanol–water partition coefficient (Wildman–Crippen LogP) is -0.682. The van der Waals surface area contributed by atoms with Crippen LogP contribution < -0.4 is 5.32 Å². The number of carboxylic acid groups (broad SMARTS) is 1. The smallest absolute Gasteiger partial charge is 0.328 e. The number of thiazole rings is 1. The molecule has 0 aromatic carbocycles. The molecule has 0 saturated carbocycles. The number of nitrogens with one attached hydrogen (secondary N) is 1. The van der Waals surface area contributed by atoms with Gasteiger partial charge in [-0.25, -0.2) is 9.78 Å². The fraction of sp³-hybridized carbons (Fsp3) is 0.286. The summed E-state index contributed by atoms with van der Waals surface area (Å²) in [7, 11) is 0. The zero-order valence-corrected chi connectivity index (χ0v) is 7.82. The van der Waals surface area contributed by atoms with Crippen LogP contribution >= 0.6 is 11.3 Å². The lowest BCUT2D eigenvalue weighted by Crippen LogP contribution is -2.43. The molecule has 1 atom stereocenters. The summed E-state index contributed by atoms with van der Waals surface area (Å²) in [6.45, 7) is -0.646. The first-order valence-electron chi connectivity index (χ1n) is 3.69. The van der Waals surface area contributed by atoms with E-state index < -0.39 is 24.5 Å². The van der Waals surface area contributed by atoms with Gasteiger partial charge in [0.25, 0.3) is 5.91 Å². The van der Waals surface area contributed by atoms with Crippen LogP contribution in [0, 0.1) is 0 Å². The van der Waals surface area contributed by atoms with Gasteiger partial charge < -0.3 is 15.5 Å². The molecule has 0 radical (unpaired) electrons. The number of hydrogen-bond acceptors (Lipinski definition) is 5. The molecule has 3 N–H and O–H groups in total. The van der Waals surface area contributed by atoms with Crippen LogP contribution in [0.4, 0.5) is 0 Å². The number of hydrogen-bond donors (Lipinski definition) is 3. The highest BCUT2D eigenvalue weighted by atomic mass is 32.1. The number of aliphatic hydroxyl groups is 1. The molecule has 1 heterocycles. The van der Waals surface area contributed by atoms with Crippen LogP contribution in [0.2, 0.25) is 0 Å². The highest BCUT2D eigenvalue weighted by molar-refractivity contribution is 7.11. The van der Waals surface area contributed by atoms with Gasteiger partial charge in [0.2, 0.25) is 0 Å². The van der Waals surface area contributed by atoms with Gasteiger partial charge in [-0.2, -0.15) is 0 Å². The van der Waals surface area contributed by atoms with Gasteiger partial charge in [0, 0.05) is 11.6 Å². The molecule has 76 valence electrons. The van der Waals surface area contributed by atoms with E-state index in [1.54, 1.807) is 5.38 Å². The van der Waals surface area contributed by atoms with Crippen molar-refractivity contribution in [1.29, 1.82) is 0 Å². The fourth-order valence-corrected chi connectivity index (χ4v) is 1.28. The highest BCUT2D eigenvalue weighted by Gasteiger charge is 2.20. The number of aromatic nitrogens is 1. The summed E-state index contributed by atoms with van der Waals surface area (Å²) < 4.78 is 0. The summed E-state index contributed by atoms with van der Waals surface area (Å²) in [5, 5.41) is 21.1. The minimum atomic E-state index is -1.29. The Bertz CT molecular complexity index is 324. The number of rotatable bonds is 4. The second-order valence-electron chi connectivity index (χ2n) is 2.38. The maximum Gasteiger partial charge on any atom is 0.328 e. The summed E-state index contributed by atoms with van der Waals surface area (Å²) in [6, 6.07) is -1.29. The van der Waals surface area contributed by atoms with Gasteiger partial charge in [-0.05, 0) is 0 Å². The van der Waals surface area contributed by atoms with E-state index in [2.05, 4.69) is 10.3 Å². The van der Waals surface area contributed by atoms with Crippen molar-refractivity contribution in [3.63, 3.8) is 0 Å². The summed E-state index contributed by atoms with van der Waals surface area (Å²) in [4.78, 5) is 25.4. The molecule has 0 aliphatic carbocycles. The third-order valence-corrected chi connectivity index (χ3v) is 2.18. The third-order valence-electron chi connectivity index (χ3n) is 1.41. The largest absolute Gasteiger partial charge is 0.480 e. The number of aliphatic carboxylic acids is 1. The van der Waals surface area contributed by atoms with Gasteiger partial charge >= 0.3 is 5.97 Å². The van der Waals surface area contributed by atoms with E-state index in [0.29, 0.717) is 0 Å². The van der Waals surface area contributed by atoms with Crippen molar-refractivity contribution in [3.05, 3.63) is 16.6 Å². The van der Waals surface area contributed by atoms with Crippen molar-refractivity contribution in [2.24, 2.45) is 0 Å². The zero-order chi connectivity index (χ0) is 10.6. The number of amides is 1. The Labute approximate surface area is 83.2 Å². The van der Waals surface area contributed by atoms with Crippen molar-refractivity contribution in [3.8, 4) is 0 Å². The van der Waals surface area contributed by atoms with E-state index in [9.17, 15) is 9.59 Å². The molecule has 0 saturated heterocycles. The van der Waals surface area contributed by atoms with Crippen LogP contribution in [0.25, 0.3) is 0 Å². The minimum Gasteiger partial charge on any atom is -0.480 e. The van der Waals surface area contributed by atoms with E-state index in [1.807, 2.05) is 0 Å². The molecule has 1 amide bonds. The van der Waals surface area contributed by atoms with Gasteiger partial charge in [-0.1, -0.05) is 0 Å². The van der Waals surface area contributed by atoms with E-state index >= 15 is 0 Å². The van der Waals surface area contributed by atoms with Gasteiger partial charge in [0.05, 0.1) is 6.61 Å². The van der Waals surface area contributed by atoms with Gasteiger partial charge in [0.1, 0.15) is 0 Å². The number of nitrogens with zero attached hydrogens (tertiary/aromatic N) is 1. The lowest BCUT2D eigenvalue weighted by molar-refractivity contribution is -0.140. The van der Waals surface area contributed by atoms with Crippen LogP contribution in [0.5, 0.6) is 0 Å². The van der Waals surface area contributed by atoms with Gasteiger partial charge in [-0.15, -0.1) is 11.3 Å². The summed E-state index contributed by atoms with van der Waals surface area (Å²) in [5.41, 5.74) is 0. The standard InChI is InChI=1S/C7H8N2O4S/c10-3-4(7(12)13)9-5(11)6-8-1-2-14-6/h1-2,4,10H,3H2,(H,9,11)(H,12,13). The molecular formula is C7H8N2O4S. The first kappa shape index (κ1) is 10.6. The number of carbonyl (C=O) groups is 2. The second-order valence-corrected chi connectivity index (χ2v) is 3.28. The Morgan fingerprint density at radius 1 is 1.64 bits per heavy atom. The summed E-state index contributed by atoms with van der Waals surface area (Å²) >= 11 is 1.10. The molecule has 7 heteroatoms. The molecule has 0 aliphatic heterocycles. The monoisotopic (exact) mass is 216 g/mol. The Morgan fingerprint density at radius 3 is 2.79 bits per heavy atom. The van der Waals surface area contributed by atoms with E-state index in [4.69, 9.17) is 10.2 Å². The molecular weight excluding hydrogens is 208 g/mol. The average molecular weight is 216 g/mol. The normalized spacial score (nSPS) is 12.1. The molecule has 1 rings (SSSR count). The highest BCUT2D eigenvalue weighted by Crippen LogP contribution is 2.03. The molecule has 0 fully saturated rings. The van der Waals surface area contributed by atoms with Crippen molar-refractivity contribution in [1.82, 2.24) is 10.3 Å². The quantitative estimate of drug-likeness (QED) is 0.619. The predicted molar refractivity (Wildman–Crippen MR) is 48.1 cm³/mol. The third kappa shape index (κ3) is 2.51. The lowest BCUT2D eigenvalue weighted by Gasteiger charge is -2.09. The van der Waals surface area contributed by atoms with Crippen LogP contribution in [0.15, 0.2) is 11.6 Å². The molecule has 1 unspecified atom stereocenters. The summed E-state index contributed by atoms with van der Waals surface area (Å²) in [5.74, 6) is -1.88. The van der Waals surface area contributed by atoms with Crippen molar-refractivity contribution < 1.29 is 19.8 Å². The van der Waals surface area contributed by atoms with Crippen molar-refractivity contribution in [2.75, 3.05) is 6.61 Å². The van der Waals surface area contributed by atoms with Gasteiger partial charge in [-0.3, -0.25) is 4.79 Å². The Morgan fingerprint density at radius 2 is 2.36 bits per heavy atom. The van der Waals surface area contributed by atoms with Gasteiger partial charge in [0.15, 0.2) is 11.0 Å². The first-order chi connectivity index (χ1) is 6.65. The van der Waals surface area contributed by atoms with Crippen LogP contribution in [-0.4, -0.2) is 39.7 Å². The average Bonchev–Trinajstić information content (AvgIpc) is 2.65. The van der Waals surface area contributed by atoms with Crippen LogP contribution in [0.1, 0.15) is 9.80 Å². The molecule has 1 aromatic heterocycles. The first-order valence-corrected chi connectivity index (χ1v) is 4.57. The number of aliphatic hydroxyl groups excluding tert-OH is 1. The Hall–Kier alpha value is -1.47. The van der Waals surface area contributed by atoms with Crippen LogP contribution in [-0.2, 0) is 4.79 Å². The molecule has 1 aromatic rings. The van der Waals surface area contributed by atoms with Crippen LogP contribution in [0.3, 0.4) is 0 Å². The van der Waals surface area contributed by atoms with Crippen molar-refractivity contribution >= 4 is 23.2 Å². The SMILES string of the molecule is O=C(NC(CO)C(=O)O)c1nccs1. The molecule has 0 aliphatic rings. The molecule has 6 nitrogen and oxygen atoms in total. The maximum absolute atomic E-state index is 11.2. The zero-order valence-electron chi connectivity index (χ0n) is 7.01.